The predicted octanol–water partition coefficient (Wildman–Crippen LogP) is 7.18. The van der Waals surface area contributed by atoms with Gasteiger partial charge in [0.05, 0.1) is 17.7 Å². The van der Waals surface area contributed by atoms with Crippen molar-refractivity contribution in [3.63, 3.8) is 0 Å². The summed E-state index contributed by atoms with van der Waals surface area (Å²) in [5.74, 6) is 1.82. The Bertz CT molecular complexity index is 1090. The highest BCUT2D eigenvalue weighted by molar-refractivity contribution is 7.99. The van der Waals surface area contributed by atoms with Crippen molar-refractivity contribution in [2.24, 2.45) is 0 Å². The minimum atomic E-state index is 0.0870. The van der Waals surface area contributed by atoms with Gasteiger partial charge in [-0.05, 0) is 68.9 Å². The number of rotatable bonds is 11. The molecule has 0 amide bonds. The third-order valence-corrected chi connectivity index (χ3v) is 8.30. The van der Waals surface area contributed by atoms with Crippen molar-refractivity contribution in [1.82, 2.24) is 9.55 Å². The second-order valence-electron chi connectivity index (χ2n) is 8.47. The average Bonchev–Trinajstić information content (AvgIpc) is 3.18. The topological polar surface area (TPSA) is 44.1 Å². The SMILES string of the molecule is CCCCCCCCSc1nc2sc3c(c2c(=O)n1-c1ccc(OCC)cc1)CCCC3. The number of aryl methyl sites for hydroxylation is 2. The minimum absolute atomic E-state index is 0.0870. The van der Waals surface area contributed by atoms with Gasteiger partial charge in [0.2, 0.25) is 0 Å². The number of unbranched alkanes of at least 4 members (excludes halogenated alkanes) is 5. The van der Waals surface area contributed by atoms with Crippen LogP contribution >= 0.6 is 23.1 Å². The van der Waals surface area contributed by atoms with Crippen molar-refractivity contribution in [3.05, 3.63) is 45.1 Å². The van der Waals surface area contributed by atoms with Crippen LogP contribution in [0.15, 0.2) is 34.2 Å². The van der Waals surface area contributed by atoms with E-state index >= 15 is 0 Å². The van der Waals surface area contributed by atoms with Crippen LogP contribution < -0.4 is 10.3 Å². The molecule has 0 aliphatic heterocycles. The summed E-state index contributed by atoms with van der Waals surface area (Å²) in [4.78, 5) is 21.1. The van der Waals surface area contributed by atoms with E-state index < -0.39 is 0 Å². The average molecular weight is 471 g/mol. The zero-order chi connectivity index (χ0) is 22.3. The molecule has 0 fully saturated rings. The highest BCUT2D eigenvalue weighted by Crippen LogP contribution is 2.35. The number of nitrogens with zero attached hydrogens (tertiary/aromatic N) is 2. The number of aromatic nitrogens is 2. The number of ether oxygens (including phenoxy) is 1. The fourth-order valence-corrected chi connectivity index (χ4v) is 6.73. The van der Waals surface area contributed by atoms with Crippen LogP contribution in [0.2, 0.25) is 0 Å². The third-order valence-electron chi connectivity index (χ3n) is 6.09. The van der Waals surface area contributed by atoms with Crippen LogP contribution in [0.3, 0.4) is 0 Å². The van der Waals surface area contributed by atoms with Gasteiger partial charge in [-0.1, -0.05) is 50.8 Å². The molecule has 0 spiro atoms. The summed E-state index contributed by atoms with van der Waals surface area (Å²) < 4.78 is 7.44. The number of hydrogen-bond donors (Lipinski definition) is 0. The first-order valence-electron chi connectivity index (χ1n) is 12.2. The maximum absolute atomic E-state index is 13.8. The lowest BCUT2D eigenvalue weighted by atomic mass is 9.97. The number of hydrogen-bond acceptors (Lipinski definition) is 5. The van der Waals surface area contributed by atoms with Crippen LogP contribution in [-0.4, -0.2) is 21.9 Å². The molecule has 3 aromatic rings. The quantitative estimate of drug-likeness (QED) is 0.169. The Morgan fingerprint density at radius 1 is 1.03 bits per heavy atom. The van der Waals surface area contributed by atoms with Crippen molar-refractivity contribution in [3.8, 4) is 11.4 Å². The first kappa shape index (κ1) is 23.4. The van der Waals surface area contributed by atoms with E-state index in [0.29, 0.717) is 6.61 Å². The van der Waals surface area contributed by atoms with Crippen molar-refractivity contribution < 1.29 is 4.74 Å². The van der Waals surface area contributed by atoms with Crippen LogP contribution in [0.4, 0.5) is 0 Å². The molecule has 1 aromatic carbocycles. The lowest BCUT2D eigenvalue weighted by molar-refractivity contribution is 0.340. The highest BCUT2D eigenvalue weighted by atomic mass is 32.2. The van der Waals surface area contributed by atoms with Gasteiger partial charge >= 0.3 is 0 Å². The second-order valence-corrected chi connectivity index (χ2v) is 10.6. The minimum Gasteiger partial charge on any atom is -0.494 e. The van der Waals surface area contributed by atoms with E-state index in [4.69, 9.17) is 9.72 Å². The Kier molecular flexibility index (Phi) is 8.31. The molecule has 0 atom stereocenters. The molecular weight excluding hydrogens is 436 g/mol. The fraction of sp³-hybridized carbons (Fsp3) is 0.538. The largest absolute Gasteiger partial charge is 0.494 e. The molecule has 2 aromatic heterocycles. The summed E-state index contributed by atoms with van der Waals surface area (Å²) in [6.45, 7) is 4.86. The van der Waals surface area contributed by atoms with Gasteiger partial charge < -0.3 is 4.74 Å². The summed E-state index contributed by atoms with van der Waals surface area (Å²) in [5, 5.41) is 1.67. The van der Waals surface area contributed by atoms with Crippen LogP contribution in [-0.2, 0) is 12.8 Å². The van der Waals surface area contributed by atoms with Gasteiger partial charge in [-0.25, -0.2) is 4.98 Å². The molecule has 0 unspecified atom stereocenters. The standard InChI is InChI=1S/C26H34N2O2S2/c1-3-5-6-7-8-11-18-31-26-27-24-23(21-12-9-10-13-22(21)32-24)25(29)28(26)19-14-16-20(17-15-19)30-4-2/h14-17H,3-13,18H2,1-2H3. The number of fused-ring (bicyclic) bond motifs is 3. The van der Waals surface area contributed by atoms with Gasteiger partial charge in [0.25, 0.3) is 5.56 Å². The van der Waals surface area contributed by atoms with Crippen molar-refractivity contribution in [2.75, 3.05) is 12.4 Å². The van der Waals surface area contributed by atoms with E-state index in [0.717, 1.165) is 58.2 Å². The smallest absolute Gasteiger partial charge is 0.267 e. The summed E-state index contributed by atoms with van der Waals surface area (Å²) in [6, 6.07) is 7.85. The lowest BCUT2D eigenvalue weighted by Gasteiger charge is -2.14. The van der Waals surface area contributed by atoms with Gasteiger partial charge in [0.1, 0.15) is 10.6 Å². The Hall–Kier alpha value is -1.79. The fourth-order valence-electron chi connectivity index (χ4n) is 4.41. The third kappa shape index (κ3) is 5.23. The van der Waals surface area contributed by atoms with Gasteiger partial charge in [0.15, 0.2) is 5.16 Å². The van der Waals surface area contributed by atoms with E-state index in [1.54, 1.807) is 23.1 Å². The van der Waals surface area contributed by atoms with Gasteiger partial charge in [-0.15, -0.1) is 11.3 Å². The molecular formula is C26H34N2O2S2. The Morgan fingerprint density at radius 2 is 1.78 bits per heavy atom. The summed E-state index contributed by atoms with van der Waals surface area (Å²) >= 11 is 3.46. The van der Waals surface area contributed by atoms with E-state index in [9.17, 15) is 4.79 Å². The van der Waals surface area contributed by atoms with E-state index in [2.05, 4.69) is 6.92 Å². The molecule has 6 heteroatoms. The maximum Gasteiger partial charge on any atom is 0.267 e. The van der Waals surface area contributed by atoms with E-state index in [1.807, 2.05) is 35.8 Å². The molecule has 0 saturated carbocycles. The molecule has 0 bridgehead atoms. The number of benzene rings is 1. The van der Waals surface area contributed by atoms with Crippen molar-refractivity contribution in [2.45, 2.75) is 83.2 Å². The van der Waals surface area contributed by atoms with Crippen molar-refractivity contribution in [1.29, 1.82) is 0 Å². The number of thiophene rings is 1. The van der Waals surface area contributed by atoms with Crippen LogP contribution in [0.25, 0.3) is 15.9 Å². The van der Waals surface area contributed by atoms with Gasteiger partial charge in [0, 0.05) is 10.6 Å². The molecule has 1 aliphatic carbocycles. The van der Waals surface area contributed by atoms with E-state index in [-0.39, 0.29) is 5.56 Å². The van der Waals surface area contributed by atoms with Crippen LogP contribution in [0.5, 0.6) is 5.75 Å². The highest BCUT2D eigenvalue weighted by Gasteiger charge is 2.22. The summed E-state index contributed by atoms with van der Waals surface area (Å²) in [5.41, 5.74) is 2.21. The Balaban J connectivity index is 1.65. The molecule has 4 nitrogen and oxygen atoms in total. The number of thioether (sulfide) groups is 1. The van der Waals surface area contributed by atoms with Crippen LogP contribution in [0.1, 0.15) is 75.7 Å². The molecule has 4 rings (SSSR count). The van der Waals surface area contributed by atoms with Crippen molar-refractivity contribution >= 4 is 33.3 Å². The first-order chi connectivity index (χ1) is 15.7. The molecule has 0 saturated heterocycles. The molecule has 172 valence electrons. The normalized spacial score (nSPS) is 13.4. The van der Waals surface area contributed by atoms with Gasteiger partial charge in [-0.2, -0.15) is 0 Å². The zero-order valence-electron chi connectivity index (χ0n) is 19.3. The molecule has 0 radical (unpaired) electrons. The first-order valence-corrected chi connectivity index (χ1v) is 14.0. The van der Waals surface area contributed by atoms with E-state index in [1.165, 1.54) is 49.0 Å². The maximum atomic E-state index is 13.8. The van der Waals surface area contributed by atoms with Gasteiger partial charge in [-0.3, -0.25) is 9.36 Å². The monoisotopic (exact) mass is 470 g/mol. The zero-order valence-corrected chi connectivity index (χ0v) is 21.0. The molecule has 2 heterocycles. The molecule has 32 heavy (non-hydrogen) atoms. The Labute approximate surface area is 199 Å². The second kappa shape index (κ2) is 11.4. The predicted molar refractivity (Wildman–Crippen MR) is 137 cm³/mol. The molecule has 1 aliphatic rings. The summed E-state index contributed by atoms with van der Waals surface area (Å²) in [7, 11) is 0. The lowest BCUT2D eigenvalue weighted by Crippen LogP contribution is -2.22. The summed E-state index contributed by atoms with van der Waals surface area (Å²) in [6.07, 6.45) is 12.1. The Morgan fingerprint density at radius 3 is 2.56 bits per heavy atom. The van der Waals surface area contributed by atoms with Crippen LogP contribution in [0, 0.1) is 0 Å². The molecule has 0 N–H and O–H groups in total.